The monoisotopic (exact) mass is 424 g/mol. The van der Waals surface area contributed by atoms with Gasteiger partial charge in [0, 0.05) is 26.3 Å². The average Bonchev–Trinajstić information content (AvgIpc) is 3.00. The van der Waals surface area contributed by atoms with Crippen LogP contribution in [0, 0.1) is 5.82 Å². The summed E-state index contributed by atoms with van der Waals surface area (Å²) in [6.07, 6.45) is 0.901. The van der Waals surface area contributed by atoms with Crippen molar-refractivity contribution in [3.8, 4) is 0 Å². The van der Waals surface area contributed by atoms with Crippen LogP contribution in [-0.2, 0) is 23.1 Å². The topological polar surface area (TPSA) is 67.2 Å². The number of halogens is 2. The van der Waals surface area contributed by atoms with Gasteiger partial charge in [0.15, 0.2) is 0 Å². The highest BCUT2D eigenvalue weighted by molar-refractivity contribution is 7.89. The van der Waals surface area contributed by atoms with Crippen LogP contribution in [0.3, 0.4) is 0 Å². The number of imidazole rings is 1. The van der Waals surface area contributed by atoms with Gasteiger partial charge in [-0.25, -0.2) is 22.1 Å². The van der Waals surface area contributed by atoms with E-state index in [0.29, 0.717) is 17.7 Å². The summed E-state index contributed by atoms with van der Waals surface area (Å²) in [7, 11) is -0.533. The molecule has 0 saturated carbocycles. The molecule has 0 radical (unpaired) electrons. The summed E-state index contributed by atoms with van der Waals surface area (Å²) in [4.78, 5) is 4.83. The van der Waals surface area contributed by atoms with Gasteiger partial charge in [-0.05, 0) is 42.8 Å². The molecule has 0 saturated heterocycles. The predicted octanol–water partition coefficient (Wildman–Crippen LogP) is 4.10. The maximum Gasteiger partial charge on any atom is 0.242 e. The fraction of sp³-hybridized carbons (Fsp3) is 0.316. The molecule has 3 rings (SSSR count). The maximum absolute atomic E-state index is 13.3. The number of hydrogen-bond donors (Lipinski definition) is 1. The second-order valence-electron chi connectivity index (χ2n) is 6.60. The molecule has 28 heavy (non-hydrogen) atoms. The highest BCUT2D eigenvalue weighted by Gasteiger charge is 2.19. The van der Waals surface area contributed by atoms with Crippen molar-refractivity contribution in [3.63, 3.8) is 0 Å². The van der Waals surface area contributed by atoms with Crippen molar-refractivity contribution in [3.05, 3.63) is 53.1 Å². The van der Waals surface area contributed by atoms with Crippen LogP contribution in [0.25, 0.3) is 11.0 Å². The number of nitrogens with one attached hydrogen (secondary N) is 1. The minimum atomic E-state index is -3.53. The van der Waals surface area contributed by atoms with Gasteiger partial charge in [-0.1, -0.05) is 18.5 Å². The van der Waals surface area contributed by atoms with Gasteiger partial charge in [-0.3, -0.25) is 0 Å². The van der Waals surface area contributed by atoms with Crippen molar-refractivity contribution in [2.45, 2.75) is 31.3 Å². The van der Waals surface area contributed by atoms with Gasteiger partial charge >= 0.3 is 0 Å². The molecule has 0 unspecified atom stereocenters. The number of benzene rings is 2. The Bertz CT molecular complexity index is 1110. The number of nitrogens with zero attached hydrogens (tertiary/aromatic N) is 3. The minimum absolute atomic E-state index is 0.0468. The van der Waals surface area contributed by atoms with E-state index in [-0.39, 0.29) is 9.92 Å². The molecule has 0 amide bonds. The summed E-state index contributed by atoms with van der Waals surface area (Å²) in [6, 6.07) is 9.41. The molecule has 0 fully saturated rings. The summed E-state index contributed by atoms with van der Waals surface area (Å²) in [5, 5.41) is 3.24. The lowest BCUT2D eigenvalue weighted by atomic mass is 10.3. The van der Waals surface area contributed by atoms with Crippen LogP contribution in [0.2, 0.25) is 5.02 Å². The smallest absolute Gasteiger partial charge is 0.242 e. The van der Waals surface area contributed by atoms with Crippen molar-refractivity contribution in [1.29, 1.82) is 0 Å². The van der Waals surface area contributed by atoms with Gasteiger partial charge in [0.05, 0.1) is 27.5 Å². The van der Waals surface area contributed by atoms with Crippen molar-refractivity contribution >= 4 is 38.3 Å². The Hall–Kier alpha value is -2.16. The van der Waals surface area contributed by atoms with E-state index >= 15 is 0 Å². The number of hydrogen-bond acceptors (Lipinski definition) is 4. The molecule has 1 aromatic heterocycles. The van der Waals surface area contributed by atoms with Crippen LogP contribution >= 0.6 is 11.6 Å². The van der Waals surface area contributed by atoms with E-state index in [9.17, 15) is 12.8 Å². The zero-order chi connectivity index (χ0) is 20.5. The molecule has 1 N–H and O–H groups in total. The Labute approximate surface area is 169 Å². The summed E-state index contributed by atoms with van der Waals surface area (Å²) >= 11 is 5.83. The first-order chi connectivity index (χ1) is 13.2. The van der Waals surface area contributed by atoms with Crippen LogP contribution in [0.1, 0.15) is 19.2 Å². The normalized spacial score (nSPS) is 12.1. The van der Waals surface area contributed by atoms with Gasteiger partial charge in [-0.2, -0.15) is 0 Å². The first-order valence-electron chi connectivity index (χ1n) is 8.84. The lowest BCUT2D eigenvalue weighted by molar-refractivity contribution is 0.521. The molecule has 0 atom stereocenters. The molecule has 2 aromatic carbocycles. The Kier molecular flexibility index (Phi) is 5.92. The third-order valence-corrected chi connectivity index (χ3v) is 6.50. The average molecular weight is 425 g/mol. The molecule has 6 nitrogen and oxygen atoms in total. The molecule has 0 aliphatic heterocycles. The third kappa shape index (κ3) is 3.99. The molecule has 0 spiro atoms. The first kappa shape index (κ1) is 20.6. The zero-order valence-corrected chi connectivity index (χ0v) is 17.5. The van der Waals surface area contributed by atoms with E-state index in [4.69, 9.17) is 11.6 Å². The van der Waals surface area contributed by atoms with Crippen molar-refractivity contribution in [2.24, 2.45) is 0 Å². The molecule has 0 aliphatic carbocycles. The summed E-state index contributed by atoms with van der Waals surface area (Å²) in [5.41, 5.74) is 2.16. The second-order valence-corrected chi connectivity index (χ2v) is 9.16. The lowest BCUT2D eigenvalue weighted by Crippen LogP contribution is -2.22. The number of aromatic nitrogens is 2. The molecule has 150 valence electrons. The van der Waals surface area contributed by atoms with Crippen LogP contribution in [0.4, 0.5) is 10.1 Å². The van der Waals surface area contributed by atoms with E-state index in [1.54, 1.807) is 24.3 Å². The second kappa shape index (κ2) is 8.06. The summed E-state index contributed by atoms with van der Waals surface area (Å²) in [5.74, 6) is 0.289. The first-order valence-corrected chi connectivity index (χ1v) is 10.7. The molecule has 0 bridgehead atoms. The van der Waals surface area contributed by atoms with E-state index < -0.39 is 15.8 Å². The highest BCUT2D eigenvalue weighted by Crippen LogP contribution is 2.24. The fourth-order valence-electron chi connectivity index (χ4n) is 2.93. The van der Waals surface area contributed by atoms with Crippen LogP contribution in [0.5, 0.6) is 0 Å². The number of sulfonamides is 1. The van der Waals surface area contributed by atoms with E-state index in [1.807, 2.05) is 0 Å². The Balaban J connectivity index is 1.96. The van der Waals surface area contributed by atoms with Gasteiger partial charge in [0.2, 0.25) is 10.0 Å². The van der Waals surface area contributed by atoms with Crippen molar-refractivity contribution < 1.29 is 12.8 Å². The van der Waals surface area contributed by atoms with Gasteiger partial charge in [0.1, 0.15) is 11.6 Å². The largest absolute Gasteiger partial charge is 0.378 e. The van der Waals surface area contributed by atoms with E-state index in [0.717, 1.165) is 24.3 Å². The Morgan fingerprint density at radius 2 is 1.96 bits per heavy atom. The Morgan fingerprint density at radius 3 is 2.61 bits per heavy atom. The number of fused-ring (bicyclic) bond motifs is 1. The van der Waals surface area contributed by atoms with Crippen LogP contribution in [0.15, 0.2) is 41.3 Å². The van der Waals surface area contributed by atoms with Crippen molar-refractivity contribution in [2.75, 3.05) is 19.4 Å². The van der Waals surface area contributed by atoms with Crippen LogP contribution in [-0.4, -0.2) is 36.4 Å². The molecular formula is C19H22ClFN4O2S. The van der Waals surface area contributed by atoms with Gasteiger partial charge in [0.25, 0.3) is 0 Å². The molecule has 0 aliphatic rings. The fourth-order valence-corrected chi connectivity index (χ4v) is 4.03. The van der Waals surface area contributed by atoms with E-state index in [1.165, 1.54) is 30.5 Å². The highest BCUT2D eigenvalue weighted by atomic mass is 35.5. The zero-order valence-electron chi connectivity index (χ0n) is 15.9. The minimum Gasteiger partial charge on any atom is -0.378 e. The SMILES string of the molecule is CCCn1c(CNc2ccc(F)c(Cl)c2)nc2cc(S(=O)(=O)N(C)C)ccc21. The Morgan fingerprint density at radius 1 is 1.21 bits per heavy atom. The standard InChI is InChI=1S/C19H22ClFN4O2S/c1-4-9-25-18-8-6-14(28(26,27)24(2)3)11-17(18)23-19(25)12-22-13-5-7-16(21)15(20)10-13/h5-8,10-11,22H,4,9,12H2,1-3H3. The van der Waals surface area contributed by atoms with Crippen molar-refractivity contribution in [1.82, 2.24) is 13.9 Å². The van der Waals surface area contributed by atoms with Crippen LogP contribution < -0.4 is 5.32 Å². The predicted molar refractivity (Wildman–Crippen MR) is 110 cm³/mol. The molecule has 3 aromatic rings. The summed E-state index contributed by atoms with van der Waals surface area (Å²) < 4.78 is 41.4. The summed E-state index contributed by atoms with van der Waals surface area (Å²) in [6.45, 7) is 3.21. The van der Waals surface area contributed by atoms with Gasteiger partial charge in [-0.15, -0.1) is 0 Å². The molecule has 9 heteroatoms. The molecular weight excluding hydrogens is 403 g/mol. The number of rotatable bonds is 7. The number of aryl methyl sites for hydroxylation is 1. The quantitative estimate of drug-likeness (QED) is 0.620. The number of anilines is 1. The lowest BCUT2D eigenvalue weighted by Gasteiger charge is -2.12. The van der Waals surface area contributed by atoms with E-state index in [2.05, 4.69) is 21.8 Å². The van der Waals surface area contributed by atoms with Gasteiger partial charge < -0.3 is 9.88 Å². The third-order valence-electron chi connectivity index (χ3n) is 4.39. The maximum atomic E-state index is 13.3. The molecule has 1 heterocycles.